The van der Waals surface area contributed by atoms with Gasteiger partial charge < -0.3 is 10.6 Å². The van der Waals surface area contributed by atoms with Crippen molar-refractivity contribution in [3.05, 3.63) is 69.7 Å². The van der Waals surface area contributed by atoms with E-state index in [0.29, 0.717) is 11.1 Å². The molecule has 0 saturated carbocycles. The van der Waals surface area contributed by atoms with Crippen LogP contribution in [0.25, 0.3) is 0 Å². The molecule has 1 aliphatic heterocycles. The van der Waals surface area contributed by atoms with Crippen molar-refractivity contribution in [1.29, 1.82) is 5.26 Å². The number of nitrogens with zero attached hydrogens (tertiary/aromatic N) is 2. The minimum atomic E-state index is -1.29. The third-order valence-electron chi connectivity index (χ3n) is 4.92. The van der Waals surface area contributed by atoms with E-state index in [1.807, 2.05) is 37.3 Å². The van der Waals surface area contributed by atoms with Gasteiger partial charge in [-0.2, -0.15) is 5.26 Å². The summed E-state index contributed by atoms with van der Waals surface area (Å²) in [6.45, 7) is 3.03. The average Bonchev–Trinajstić information content (AvgIpc) is 2.92. The molecular formula is C21H19BrN4O3. The van der Waals surface area contributed by atoms with Gasteiger partial charge in [0, 0.05) is 4.47 Å². The predicted molar refractivity (Wildman–Crippen MR) is 109 cm³/mol. The van der Waals surface area contributed by atoms with Crippen molar-refractivity contribution in [1.82, 2.24) is 15.5 Å². The van der Waals surface area contributed by atoms with Gasteiger partial charge in [0.2, 0.25) is 5.91 Å². The lowest BCUT2D eigenvalue weighted by molar-refractivity contribution is -0.135. The van der Waals surface area contributed by atoms with Gasteiger partial charge in [-0.3, -0.25) is 14.5 Å². The van der Waals surface area contributed by atoms with Crippen molar-refractivity contribution >= 4 is 33.8 Å². The smallest absolute Gasteiger partial charge is 0.325 e. The first-order chi connectivity index (χ1) is 13.7. The molecule has 1 heterocycles. The Bertz CT molecular complexity index is 998. The van der Waals surface area contributed by atoms with E-state index in [-0.39, 0.29) is 12.6 Å². The first-order valence-electron chi connectivity index (χ1n) is 8.94. The summed E-state index contributed by atoms with van der Waals surface area (Å²) in [5.74, 6) is -0.952. The molecule has 0 spiro atoms. The molecule has 29 heavy (non-hydrogen) atoms. The molecule has 1 fully saturated rings. The number of halogens is 1. The van der Waals surface area contributed by atoms with Crippen LogP contribution in [0.15, 0.2) is 53.0 Å². The van der Waals surface area contributed by atoms with Crippen molar-refractivity contribution in [2.75, 3.05) is 6.54 Å². The van der Waals surface area contributed by atoms with Crippen LogP contribution in [0.4, 0.5) is 4.79 Å². The number of benzene rings is 2. The molecular weight excluding hydrogens is 436 g/mol. The topological polar surface area (TPSA) is 102 Å². The van der Waals surface area contributed by atoms with Gasteiger partial charge in [0.15, 0.2) is 0 Å². The zero-order chi connectivity index (χ0) is 21.2. The second kappa shape index (κ2) is 8.05. The number of rotatable bonds is 5. The van der Waals surface area contributed by atoms with Crippen molar-refractivity contribution in [3.63, 3.8) is 0 Å². The third kappa shape index (κ3) is 4.15. The van der Waals surface area contributed by atoms with Gasteiger partial charge in [-0.05, 0) is 49.2 Å². The molecule has 3 rings (SSSR count). The van der Waals surface area contributed by atoms with Crippen molar-refractivity contribution in [3.8, 4) is 6.07 Å². The Hall–Kier alpha value is -3.18. The van der Waals surface area contributed by atoms with Gasteiger partial charge in [0.1, 0.15) is 12.1 Å². The molecule has 4 amide bonds. The van der Waals surface area contributed by atoms with Crippen LogP contribution in [-0.2, 0) is 15.1 Å². The molecule has 1 saturated heterocycles. The van der Waals surface area contributed by atoms with E-state index >= 15 is 0 Å². The van der Waals surface area contributed by atoms with Crippen LogP contribution >= 0.6 is 15.9 Å². The average molecular weight is 455 g/mol. The largest absolute Gasteiger partial charge is 0.348 e. The number of imide groups is 1. The quantitative estimate of drug-likeness (QED) is 0.677. The molecule has 0 aromatic heterocycles. The Morgan fingerprint density at radius 2 is 1.83 bits per heavy atom. The lowest BCUT2D eigenvalue weighted by atomic mass is 9.91. The maximum Gasteiger partial charge on any atom is 0.325 e. The fraction of sp³-hybridized carbons (Fsp3) is 0.238. The Kier molecular flexibility index (Phi) is 5.71. The van der Waals surface area contributed by atoms with Gasteiger partial charge in [0.25, 0.3) is 5.91 Å². The lowest BCUT2D eigenvalue weighted by Gasteiger charge is -2.22. The third-order valence-corrected chi connectivity index (χ3v) is 5.44. The SMILES string of the molecule is CC(NC(=O)CN1C(=O)NC(C)(c2ccc(C#N)cc2)C1=O)c1ccc(Br)cc1. The number of hydrogen-bond donors (Lipinski definition) is 2. The lowest BCUT2D eigenvalue weighted by Crippen LogP contribution is -2.43. The fourth-order valence-corrected chi connectivity index (χ4v) is 3.44. The van der Waals surface area contributed by atoms with E-state index in [0.717, 1.165) is 14.9 Å². The summed E-state index contributed by atoms with van der Waals surface area (Å²) in [4.78, 5) is 38.6. The maximum absolute atomic E-state index is 12.9. The van der Waals surface area contributed by atoms with Crippen LogP contribution < -0.4 is 10.6 Å². The molecule has 2 N–H and O–H groups in total. The van der Waals surface area contributed by atoms with Crippen LogP contribution in [0.1, 0.15) is 36.6 Å². The number of carbonyl (C=O) groups is 3. The predicted octanol–water partition coefficient (Wildman–Crippen LogP) is 2.97. The maximum atomic E-state index is 12.9. The summed E-state index contributed by atoms with van der Waals surface area (Å²) in [6, 6.07) is 15.0. The van der Waals surface area contributed by atoms with Crippen LogP contribution in [0.3, 0.4) is 0 Å². The molecule has 1 aliphatic rings. The van der Waals surface area contributed by atoms with E-state index in [1.54, 1.807) is 31.2 Å². The Morgan fingerprint density at radius 1 is 1.21 bits per heavy atom. The summed E-state index contributed by atoms with van der Waals surface area (Å²) in [6.07, 6.45) is 0. The molecule has 2 atom stereocenters. The van der Waals surface area contributed by atoms with Crippen LogP contribution in [0.2, 0.25) is 0 Å². The summed E-state index contributed by atoms with van der Waals surface area (Å²) in [7, 11) is 0. The summed E-state index contributed by atoms with van der Waals surface area (Å²) >= 11 is 3.36. The van der Waals surface area contributed by atoms with Gasteiger partial charge in [-0.25, -0.2) is 4.79 Å². The second-order valence-corrected chi connectivity index (χ2v) is 7.89. The van der Waals surface area contributed by atoms with Crippen molar-refractivity contribution < 1.29 is 14.4 Å². The second-order valence-electron chi connectivity index (χ2n) is 6.98. The molecule has 0 radical (unpaired) electrons. The minimum Gasteiger partial charge on any atom is -0.348 e. The molecule has 2 aromatic carbocycles. The molecule has 0 aliphatic carbocycles. The zero-order valence-corrected chi connectivity index (χ0v) is 17.5. The molecule has 7 nitrogen and oxygen atoms in total. The number of hydrogen-bond acceptors (Lipinski definition) is 4. The standard InChI is InChI=1S/C21H19BrN4O3/c1-13(15-5-9-17(22)10-6-15)24-18(27)12-26-19(28)21(2,25-20(26)29)16-7-3-14(11-23)4-8-16/h3-10,13H,12H2,1-2H3,(H,24,27)(H,25,29). The highest BCUT2D eigenvalue weighted by atomic mass is 79.9. The zero-order valence-electron chi connectivity index (χ0n) is 15.9. The van der Waals surface area contributed by atoms with Crippen molar-refractivity contribution in [2.24, 2.45) is 0 Å². The summed E-state index contributed by atoms with van der Waals surface area (Å²) < 4.78 is 0.932. The van der Waals surface area contributed by atoms with E-state index in [4.69, 9.17) is 5.26 Å². The van der Waals surface area contributed by atoms with Crippen LogP contribution in [-0.4, -0.2) is 29.3 Å². The highest BCUT2D eigenvalue weighted by Gasteiger charge is 2.49. The van der Waals surface area contributed by atoms with Gasteiger partial charge >= 0.3 is 6.03 Å². The molecule has 2 unspecified atom stereocenters. The summed E-state index contributed by atoms with van der Waals surface area (Å²) in [5, 5.41) is 14.4. The Labute approximate surface area is 176 Å². The number of carbonyl (C=O) groups excluding carboxylic acids is 3. The summed E-state index contributed by atoms with van der Waals surface area (Å²) in [5.41, 5.74) is 0.609. The van der Waals surface area contributed by atoms with E-state index < -0.39 is 23.4 Å². The van der Waals surface area contributed by atoms with Crippen LogP contribution in [0, 0.1) is 11.3 Å². The number of nitriles is 1. The first kappa shape index (κ1) is 20.6. The minimum absolute atomic E-state index is 0.277. The van der Waals surface area contributed by atoms with Crippen LogP contribution in [0.5, 0.6) is 0 Å². The highest BCUT2D eigenvalue weighted by molar-refractivity contribution is 9.10. The fourth-order valence-electron chi connectivity index (χ4n) is 3.18. The van der Waals surface area contributed by atoms with Crippen molar-refractivity contribution in [2.45, 2.75) is 25.4 Å². The Balaban J connectivity index is 1.70. The van der Waals surface area contributed by atoms with E-state index in [9.17, 15) is 14.4 Å². The molecule has 148 valence electrons. The number of amides is 4. The first-order valence-corrected chi connectivity index (χ1v) is 9.73. The normalized spacial score (nSPS) is 19.4. The number of urea groups is 1. The van der Waals surface area contributed by atoms with E-state index in [1.165, 1.54) is 0 Å². The molecule has 0 bridgehead atoms. The monoisotopic (exact) mass is 454 g/mol. The van der Waals surface area contributed by atoms with Gasteiger partial charge in [-0.1, -0.05) is 40.2 Å². The van der Waals surface area contributed by atoms with Gasteiger partial charge in [-0.15, -0.1) is 0 Å². The number of nitrogens with one attached hydrogen (secondary N) is 2. The highest BCUT2D eigenvalue weighted by Crippen LogP contribution is 2.29. The van der Waals surface area contributed by atoms with Gasteiger partial charge in [0.05, 0.1) is 17.7 Å². The molecule has 8 heteroatoms. The molecule has 2 aromatic rings. The van der Waals surface area contributed by atoms with E-state index in [2.05, 4.69) is 26.6 Å². The Morgan fingerprint density at radius 3 is 2.41 bits per heavy atom.